The molecule has 1 heteroatoms. The Morgan fingerprint density at radius 2 is 0.624 bits per heavy atom. The van der Waals surface area contributed by atoms with Gasteiger partial charge >= 0.3 is 0 Å². The fourth-order valence-corrected chi connectivity index (χ4v) is 15.6. The molecule has 0 heterocycles. The number of aryl methyl sites for hydroxylation is 2. The van der Waals surface area contributed by atoms with Crippen molar-refractivity contribution >= 4 is 38.6 Å². The molecule has 10 aromatic rings. The molecule has 0 atom stereocenters. The van der Waals surface area contributed by atoms with Crippen LogP contribution in [0.3, 0.4) is 0 Å². The van der Waals surface area contributed by atoms with E-state index in [2.05, 4.69) is 247 Å². The Kier molecular flexibility index (Phi) is 17.7. The second-order valence-electron chi connectivity index (χ2n) is 25.6. The second-order valence-corrected chi connectivity index (χ2v) is 25.6. The number of nitrogens with zero attached hydrogens (tertiary/aromatic N) is 1. The molecule has 0 bridgehead atoms. The summed E-state index contributed by atoms with van der Waals surface area (Å²) in [6, 6.07) is 77.9. The number of hydrogen-bond donors (Lipinski definition) is 0. The van der Waals surface area contributed by atoms with Gasteiger partial charge < -0.3 is 4.90 Å². The summed E-state index contributed by atoms with van der Waals surface area (Å²) < 4.78 is 0. The lowest BCUT2D eigenvalue weighted by molar-refractivity contribution is 0.398. The van der Waals surface area contributed by atoms with E-state index in [9.17, 15) is 0 Å². The smallest absolute Gasteiger partial charge is 0.0462 e. The Labute approximate surface area is 510 Å². The predicted octanol–water partition coefficient (Wildman–Crippen LogP) is 25.5. The third-order valence-electron chi connectivity index (χ3n) is 20.0. The number of hydrogen-bond acceptors (Lipinski definition) is 1. The Hall–Kier alpha value is -7.48. The first-order valence-corrected chi connectivity index (χ1v) is 33.3. The Balaban J connectivity index is 0.897. The van der Waals surface area contributed by atoms with Crippen molar-refractivity contribution in [3.05, 3.63) is 234 Å². The lowest BCUT2D eigenvalue weighted by Crippen LogP contribution is -2.25. The van der Waals surface area contributed by atoms with Gasteiger partial charge in [-0.25, -0.2) is 0 Å². The van der Waals surface area contributed by atoms with Gasteiger partial charge in [0.15, 0.2) is 0 Å². The van der Waals surface area contributed by atoms with Gasteiger partial charge in [-0.15, -0.1) is 0 Å². The quantitative estimate of drug-likeness (QED) is 0.0386. The third kappa shape index (κ3) is 11.2. The van der Waals surface area contributed by atoms with E-state index in [0.29, 0.717) is 0 Å². The van der Waals surface area contributed by atoms with Crippen molar-refractivity contribution in [2.45, 2.75) is 181 Å². The van der Waals surface area contributed by atoms with Crippen LogP contribution in [0.2, 0.25) is 0 Å². The number of benzene rings is 10. The van der Waals surface area contributed by atoms with E-state index < -0.39 is 0 Å². The molecule has 0 amide bonds. The van der Waals surface area contributed by atoms with Crippen molar-refractivity contribution in [1.29, 1.82) is 0 Å². The van der Waals surface area contributed by atoms with Gasteiger partial charge in [0.05, 0.1) is 0 Å². The van der Waals surface area contributed by atoms with Crippen LogP contribution in [-0.2, 0) is 10.8 Å². The highest BCUT2D eigenvalue weighted by Gasteiger charge is 2.44. The average Bonchev–Trinajstić information content (AvgIpc) is 2.08. The van der Waals surface area contributed by atoms with Crippen LogP contribution in [0.25, 0.3) is 77.2 Å². The maximum Gasteiger partial charge on any atom is 0.0462 e. The molecule has 12 rings (SSSR count). The summed E-state index contributed by atoms with van der Waals surface area (Å²) in [4.78, 5) is 2.44. The highest BCUT2D eigenvalue weighted by Crippen LogP contribution is 2.58. The molecule has 0 spiro atoms. The lowest BCUT2D eigenvalue weighted by Gasteiger charge is -2.33. The minimum Gasteiger partial charge on any atom is -0.311 e. The molecule has 2 aliphatic carbocycles. The molecule has 0 aromatic heterocycles. The molecular weight excluding hydrogens is 1020 g/mol. The molecule has 2 aliphatic rings. The molecule has 0 radical (unpaired) electrons. The van der Waals surface area contributed by atoms with Gasteiger partial charge in [-0.2, -0.15) is 0 Å². The maximum atomic E-state index is 2.61. The first kappa shape index (κ1) is 57.9. The third-order valence-corrected chi connectivity index (χ3v) is 20.0. The summed E-state index contributed by atoms with van der Waals surface area (Å²) in [6.45, 7) is 13.8. The van der Waals surface area contributed by atoms with Crippen LogP contribution in [0, 0.1) is 13.8 Å². The number of rotatable bonds is 26. The van der Waals surface area contributed by atoms with Crippen molar-refractivity contribution in [3.8, 4) is 55.6 Å². The number of anilines is 3. The molecule has 1 nitrogen and oxygen atoms in total. The maximum absolute atomic E-state index is 2.61. The lowest BCUT2D eigenvalue weighted by atomic mass is 9.70. The van der Waals surface area contributed by atoms with Crippen molar-refractivity contribution in [1.82, 2.24) is 0 Å². The fourth-order valence-electron chi connectivity index (χ4n) is 15.6. The summed E-state index contributed by atoms with van der Waals surface area (Å²) >= 11 is 0. The van der Waals surface area contributed by atoms with Crippen molar-refractivity contribution in [2.24, 2.45) is 0 Å². The zero-order chi connectivity index (χ0) is 58.3. The van der Waals surface area contributed by atoms with Crippen LogP contribution in [0.5, 0.6) is 0 Å². The average molecular weight is 1110 g/mol. The number of fused-ring (bicyclic) bond motifs is 8. The molecule has 0 N–H and O–H groups in total. The topological polar surface area (TPSA) is 3.24 Å². The van der Waals surface area contributed by atoms with Gasteiger partial charge in [-0.1, -0.05) is 293 Å². The Morgan fingerprint density at radius 3 is 1.15 bits per heavy atom. The van der Waals surface area contributed by atoms with Crippen LogP contribution in [-0.4, -0.2) is 0 Å². The number of unbranched alkanes of at least 4 members (excludes halogenated alkanes) is 12. The standard InChI is InChI=1S/C84H91N/c1-7-11-15-17-19-27-55-84(56-28-20-18-16-12-8-2)78-57-61(6)37-50-70(78)72-51-42-64(58-79(72)84)62-38-46-67(47-39-62)85(66-44-35-60(5)36-45-66)68-48-40-63(41-49-68)81-73-30-21-23-32-75(73)82(76-33-24-22-31-74(76)81)65-43-52-71-69-29-25-26-34-77(69)83(53-13-9-3,54-14-10-4)80(71)59-65/h21-26,29-52,57-59H,7-20,27-28,53-56H2,1-6H3. The van der Waals surface area contributed by atoms with Gasteiger partial charge in [-0.05, 0) is 187 Å². The zero-order valence-corrected chi connectivity index (χ0v) is 52.1. The van der Waals surface area contributed by atoms with Crippen molar-refractivity contribution < 1.29 is 0 Å². The molecule has 0 fully saturated rings. The minimum atomic E-state index is 0.0256. The largest absolute Gasteiger partial charge is 0.311 e. The van der Waals surface area contributed by atoms with Gasteiger partial charge in [0.1, 0.15) is 0 Å². The molecule has 0 aliphatic heterocycles. The van der Waals surface area contributed by atoms with Crippen molar-refractivity contribution in [2.75, 3.05) is 4.90 Å². The van der Waals surface area contributed by atoms with Crippen molar-refractivity contribution in [3.63, 3.8) is 0 Å². The van der Waals surface area contributed by atoms with Gasteiger partial charge in [0.25, 0.3) is 0 Å². The first-order valence-electron chi connectivity index (χ1n) is 33.3. The van der Waals surface area contributed by atoms with E-state index in [0.717, 1.165) is 17.1 Å². The van der Waals surface area contributed by atoms with E-state index in [1.807, 2.05) is 0 Å². The molecule has 0 saturated heterocycles. The molecule has 0 unspecified atom stereocenters. The molecule has 432 valence electrons. The normalized spacial score (nSPS) is 13.5. The predicted molar refractivity (Wildman–Crippen MR) is 369 cm³/mol. The van der Waals surface area contributed by atoms with E-state index in [4.69, 9.17) is 0 Å². The highest BCUT2D eigenvalue weighted by molar-refractivity contribution is 6.21. The second kappa shape index (κ2) is 26.0. The van der Waals surface area contributed by atoms with E-state index in [-0.39, 0.29) is 10.8 Å². The van der Waals surface area contributed by atoms with E-state index >= 15 is 0 Å². The Bertz CT molecular complexity index is 3830. The molecular formula is C84H91N. The summed E-state index contributed by atoms with van der Waals surface area (Å²) in [7, 11) is 0. The summed E-state index contributed by atoms with van der Waals surface area (Å²) in [5.41, 5.74) is 25.9. The Morgan fingerprint density at radius 1 is 0.271 bits per heavy atom. The van der Waals surface area contributed by atoms with Gasteiger partial charge in [-0.3, -0.25) is 0 Å². The van der Waals surface area contributed by atoms with Crippen LogP contribution in [0.15, 0.2) is 200 Å². The van der Waals surface area contributed by atoms with E-state index in [1.165, 1.54) is 228 Å². The van der Waals surface area contributed by atoms with Crippen LogP contribution in [0.4, 0.5) is 17.1 Å². The zero-order valence-electron chi connectivity index (χ0n) is 52.1. The first-order chi connectivity index (χ1) is 41.8. The summed E-state index contributed by atoms with van der Waals surface area (Å²) in [5, 5.41) is 5.17. The van der Waals surface area contributed by atoms with Crippen LogP contribution in [0.1, 0.15) is 189 Å². The SMILES string of the molecule is CCCCCCCCC1(CCCCCCCC)c2cc(C)ccc2-c2ccc(-c3ccc(N(c4ccc(C)cc4)c4ccc(-c5c6ccccc6c(-c6ccc7c(c6)C(CCCC)(CCCC)c6ccccc6-7)c6ccccc56)cc4)cc3)cc21. The van der Waals surface area contributed by atoms with Crippen LogP contribution >= 0.6 is 0 Å². The van der Waals surface area contributed by atoms with Crippen LogP contribution < -0.4 is 4.90 Å². The summed E-state index contributed by atoms with van der Waals surface area (Å²) in [6.07, 6.45) is 25.6. The fraction of sp³-hybridized carbons (Fsp3) is 0.333. The highest BCUT2D eigenvalue weighted by atomic mass is 15.1. The minimum absolute atomic E-state index is 0.0256. The van der Waals surface area contributed by atoms with E-state index in [1.54, 1.807) is 11.1 Å². The molecule has 85 heavy (non-hydrogen) atoms. The monoisotopic (exact) mass is 1110 g/mol. The molecule has 10 aromatic carbocycles. The molecule has 0 saturated carbocycles. The van der Waals surface area contributed by atoms with Gasteiger partial charge in [0.2, 0.25) is 0 Å². The summed E-state index contributed by atoms with van der Waals surface area (Å²) in [5.74, 6) is 0. The van der Waals surface area contributed by atoms with Gasteiger partial charge in [0, 0.05) is 27.9 Å².